The molecule has 0 amide bonds. The van der Waals surface area contributed by atoms with Crippen molar-refractivity contribution in [2.24, 2.45) is 0 Å². The molecule has 0 unspecified atom stereocenters. The van der Waals surface area contributed by atoms with Gasteiger partial charge in [0.05, 0.1) is 0 Å². The fourth-order valence-corrected chi connectivity index (χ4v) is 2.61. The molecule has 1 atom stereocenters. The molecular weight excluding hydrogens is 206 g/mol. The Kier molecular flexibility index (Phi) is 3.67. The van der Waals surface area contributed by atoms with E-state index in [1.807, 2.05) is 12.1 Å². The first kappa shape index (κ1) is 11.0. The van der Waals surface area contributed by atoms with Gasteiger partial charge in [-0.05, 0) is 60.7 Å². The smallest absolute Gasteiger partial charge is 0.152 e. The van der Waals surface area contributed by atoms with E-state index in [0.717, 1.165) is 18.0 Å². The van der Waals surface area contributed by atoms with Gasteiger partial charge in [-0.2, -0.15) is 0 Å². The van der Waals surface area contributed by atoms with Crippen molar-refractivity contribution in [2.75, 3.05) is 19.3 Å². The minimum Gasteiger partial charge on any atom is -0.612 e. The van der Waals surface area contributed by atoms with Crippen molar-refractivity contribution < 1.29 is 4.55 Å². The van der Waals surface area contributed by atoms with Crippen molar-refractivity contribution in [3.05, 3.63) is 29.8 Å². The number of hydrogen-bond acceptors (Lipinski definition) is 2. The molecule has 2 nitrogen and oxygen atoms in total. The lowest BCUT2D eigenvalue weighted by molar-refractivity contribution is 0.460. The van der Waals surface area contributed by atoms with Crippen LogP contribution in [0.3, 0.4) is 0 Å². The molecule has 0 aromatic heterocycles. The van der Waals surface area contributed by atoms with Gasteiger partial charge in [-0.1, -0.05) is 12.1 Å². The van der Waals surface area contributed by atoms with Crippen molar-refractivity contribution in [3.63, 3.8) is 0 Å². The summed E-state index contributed by atoms with van der Waals surface area (Å²) in [6.07, 6.45) is 4.16. The Hall–Kier alpha value is -0.510. The van der Waals surface area contributed by atoms with E-state index in [1.165, 1.54) is 18.4 Å². The molecule has 1 aliphatic rings. The Bertz CT molecular complexity index is 304. The van der Waals surface area contributed by atoms with Gasteiger partial charge in [0.2, 0.25) is 0 Å². The molecule has 0 radical (unpaired) electrons. The number of rotatable bonds is 2. The molecule has 1 N–H and O–H groups in total. The maximum absolute atomic E-state index is 11.2. The molecule has 1 aromatic rings. The highest BCUT2D eigenvalue weighted by Gasteiger charge is 2.15. The summed E-state index contributed by atoms with van der Waals surface area (Å²) in [5, 5.41) is 3.37. The Morgan fingerprint density at radius 3 is 2.33 bits per heavy atom. The van der Waals surface area contributed by atoms with Gasteiger partial charge in [-0.15, -0.1) is 0 Å². The van der Waals surface area contributed by atoms with E-state index >= 15 is 0 Å². The summed E-state index contributed by atoms with van der Waals surface area (Å²) in [7, 11) is 0. The second kappa shape index (κ2) is 5.01. The van der Waals surface area contributed by atoms with Gasteiger partial charge in [0.1, 0.15) is 6.26 Å². The second-order valence-electron chi connectivity index (χ2n) is 4.05. The Morgan fingerprint density at radius 1 is 1.20 bits per heavy atom. The largest absolute Gasteiger partial charge is 0.612 e. The first-order valence-corrected chi connectivity index (χ1v) is 6.97. The third kappa shape index (κ3) is 2.74. The summed E-state index contributed by atoms with van der Waals surface area (Å²) in [5.74, 6) is 0.686. The van der Waals surface area contributed by atoms with E-state index in [9.17, 15) is 4.55 Å². The van der Waals surface area contributed by atoms with Crippen molar-refractivity contribution in [1.29, 1.82) is 0 Å². The van der Waals surface area contributed by atoms with Crippen LogP contribution < -0.4 is 5.32 Å². The standard InChI is InChI=1S/C12H17NOS/c1-15(14)12-4-2-10(3-5-12)11-6-8-13-9-7-11/h2-5,11,13H,6-9H2,1H3/t15-/m1/s1. The highest BCUT2D eigenvalue weighted by molar-refractivity contribution is 7.90. The summed E-state index contributed by atoms with van der Waals surface area (Å²) in [4.78, 5) is 0.924. The lowest BCUT2D eigenvalue weighted by Gasteiger charge is -2.23. The predicted molar refractivity (Wildman–Crippen MR) is 63.6 cm³/mol. The molecule has 2 rings (SSSR count). The van der Waals surface area contributed by atoms with Crippen LogP contribution in [0.5, 0.6) is 0 Å². The van der Waals surface area contributed by atoms with Crippen LogP contribution in [0.2, 0.25) is 0 Å². The van der Waals surface area contributed by atoms with Crippen LogP contribution in [0, 0.1) is 0 Å². The summed E-state index contributed by atoms with van der Waals surface area (Å²) in [5.41, 5.74) is 1.39. The minimum atomic E-state index is -0.854. The second-order valence-corrected chi connectivity index (χ2v) is 5.43. The third-order valence-corrected chi connectivity index (χ3v) is 3.96. The quantitative estimate of drug-likeness (QED) is 0.777. The molecule has 0 spiro atoms. The van der Waals surface area contributed by atoms with E-state index in [4.69, 9.17) is 0 Å². The zero-order valence-electron chi connectivity index (χ0n) is 9.03. The zero-order valence-corrected chi connectivity index (χ0v) is 9.85. The molecule has 82 valence electrons. The topological polar surface area (TPSA) is 35.1 Å². The summed E-state index contributed by atoms with van der Waals surface area (Å²) < 4.78 is 11.2. The molecule has 15 heavy (non-hydrogen) atoms. The number of hydrogen-bond donors (Lipinski definition) is 1. The molecule has 1 aromatic carbocycles. The molecule has 0 aliphatic carbocycles. The van der Waals surface area contributed by atoms with E-state index in [2.05, 4.69) is 17.4 Å². The van der Waals surface area contributed by atoms with Crippen molar-refractivity contribution in [3.8, 4) is 0 Å². The van der Waals surface area contributed by atoms with Crippen LogP contribution in [-0.4, -0.2) is 23.9 Å². The van der Waals surface area contributed by atoms with Crippen LogP contribution in [-0.2, 0) is 11.2 Å². The fraction of sp³-hybridized carbons (Fsp3) is 0.500. The van der Waals surface area contributed by atoms with E-state index in [-0.39, 0.29) is 0 Å². The van der Waals surface area contributed by atoms with E-state index in [1.54, 1.807) is 6.26 Å². The molecule has 3 heteroatoms. The van der Waals surface area contributed by atoms with Gasteiger partial charge >= 0.3 is 0 Å². The van der Waals surface area contributed by atoms with Gasteiger partial charge in [0.25, 0.3) is 0 Å². The van der Waals surface area contributed by atoms with Crippen LogP contribution >= 0.6 is 0 Å². The van der Waals surface area contributed by atoms with Crippen molar-refractivity contribution in [2.45, 2.75) is 23.7 Å². The van der Waals surface area contributed by atoms with Crippen molar-refractivity contribution in [1.82, 2.24) is 5.32 Å². The molecule has 1 heterocycles. The highest BCUT2D eigenvalue weighted by Crippen LogP contribution is 2.25. The molecule has 1 saturated heterocycles. The van der Waals surface area contributed by atoms with Gasteiger partial charge in [-0.25, -0.2) is 0 Å². The van der Waals surface area contributed by atoms with Gasteiger partial charge in [0.15, 0.2) is 4.90 Å². The molecular formula is C12H17NOS. The first-order chi connectivity index (χ1) is 7.27. The monoisotopic (exact) mass is 223 g/mol. The number of benzene rings is 1. The summed E-state index contributed by atoms with van der Waals surface area (Å²) in [6.45, 7) is 2.23. The van der Waals surface area contributed by atoms with Gasteiger partial charge < -0.3 is 9.87 Å². The maximum Gasteiger partial charge on any atom is 0.152 e. The lowest BCUT2D eigenvalue weighted by Crippen LogP contribution is -2.26. The first-order valence-electron chi connectivity index (χ1n) is 5.41. The zero-order chi connectivity index (χ0) is 10.7. The minimum absolute atomic E-state index is 0.686. The average molecular weight is 223 g/mol. The predicted octanol–water partition coefficient (Wildman–Crippen LogP) is 1.89. The van der Waals surface area contributed by atoms with Gasteiger partial charge in [-0.3, -0.25) is 0 Å². The number of piperidine rings is 1. The highest BCUT2D eigenvalue weighted by atomic mass is 32.2. The normalized spacial score (nSPS) is 20.1. The van der Waals surface area contributed by atoms with E-state index in [0.29, 0.717) is 5.92 Å². The molecule has 1 aliphatic heterocycles. The molecule has 1 fully saturated rings. The van der Waals surface area contributed by atoms with Crippen LogP contribution in [0.15, 0.2) is 29.2 Å². The molecule has 0 bridgehead atoms. The lowest BCUT2D eigenvalue weighted by atomic mass is 9.90. The SMILES string of the molecule is C[S@@+]([O-])c1ccc(C2CCNCC2)cc1. The third-order valence-electron chi connectivity index (χ3n) is 3.02. The van der Waals surface area contributed by atoms with Crippen LogP contribution in [0.25, 0.3) is 0 Å². The number of nitrogens with one attached hydrogen (secondary N) is 1. The maximum atomic E-state index is 11.2. The van der Waals surface area contributed by atoms with Gasteiger partial charge in [0, 0.05) is 0 Å². The average Bonchev–Trinajstić information content (AvgIpc) is 2.30. The van der Waals surface area contributed by atoms with Crippen LogP contribution in [0.4, 0.5) is 0 Å². The fourth-order valence-electron chi connectivity index (χ4n) is 2.09. The van der Waals surface area contributed by atoms with Crippen LogP contribution in [0.1, 0.15) is 24.3 Å². The Labute approximate surface area is 94.3 Å². The summed E-state index contributed by atoms with van der Waals surface area (Å²) >= 11 is -0.854. The summed E-state index contributed by atoms with van der Waals surface area (Å²) in [6, 6.07) is 8.25. The Balaban J connectivity index is 2.08. The Morgan fingerprint density at radius 2 is 1.80 bits per heavy atom. The molecule has 0 saturated carbocycles. The van der Waals surface area contributed by atoms with E-state index < -0.39 is 11.2 Å². The van der Waals surface area contributed by atoms with Crippen molar-refractivity contribution >= 4 is 11.2 Å².